The zero-order valence-corrected chi connectivity index (χ0v) is 14.3. The fraction of sp³-hybridized carbons (Fsp3) is 0.529. The number of nitrogens with zero attached hydrogens (tertiary/aromatic N) is 1. The first-order valence-corrected chi connectivity index (χ1v) is 9.06. The van der Waals surface area contributed by atoms with E-state index in [2.05, 4.69) is 5.32 Å². The van der Waals surface area contributed by atoms with Crippen LogP contribution in [0.1, 0.15) is 17.5 Å². The first-order chi connectivity index (χ1) is 11.1. The van der Waals surface area contributed by atoms with Crippen molar-refractivity contribution in [3.63, 3.8) is 0 Å². The number of carbonyl (C=O) groups is 2. The summed E-state index contributed by atoms with van der Waals surface area (Å²) in [5, 5.41) is 2.95. The first-order valence-electron chi connectivity index (χ1n) is 7.90. The maximum absolute atomic E-state index is 12.6. The van der Waals surface area contributed by atoms with Crippen LogP contribution in [0.4, 0.5) is 5.69 Å². The maximum atomic E-state index is 12.6. The predicted molar refractivity (Wildman–Crippen MR) is 91.4 cm³/mol. The summed E-state index contributed by atoms with van der Waals surface area (Å²) < 4.78 is 5.30. The van der Waals surface area contributed by atoms with Crippen LogP contribution in [0.5, 0.6) is 0 Å². The number of hydrogen-bond acceptors (Lipinski definition) is 4. The van der Waals surface area contributed by atoms with Crippen LogP contribution >= 0.6 is 11.8 Å². The van der Waals surface area contributed by atoms with E-state index in [0.29, 0.717) is 24.8 Å². The van der Waals surface area contributed by atoms with E-state index >= 15 is 0 Å². The minimum absolute atomic E-state index is 0.0488. The van der Waals surface area contributed by atoms with Crippen molar-refractivity contribution >= 4 is 29.3 Å². The van der Waals surface area contributed by atoms with Crippen molar-refractivity contribution in [2.45, 2.75) is 26.3 Å². The van der Waals surface area contributed by atoms with Gasteiger partial charge in [0, 0.05) is 18.0 Å². The molecular formula is C17H22N2O3S. The molecule has 3 rings (SSSR count). The zero-order valence-electron chi connectivity index (χ0n) is 13.5. The first kappa shape index (κ1) is 16.3. The molecule has 2 amide bonds. The van der Waals surface area contributed by atoms with Crippen molar-refractivity contribution in [3.05, 3.63) is 29.3 Å². The van der Waals surface area contributed by atoms with Gasteiger partial charge in [-0.1, -0.05) is 6.07 Å². The molecule has 0 radical (unpaired) electrons. The van der Waals surface area contributed by atoms with Crippen LogP contribution in [-0.2, 0) is 14.3 Å². The molecule has 2 saturated heterocycles. The molecule has 1 aromatic carbocycles. The van der Waals surface area contributed by atoms with Gasteiger partial charge in [0.25, 0.3) is 0 Å². The van der Waals surface area contributed by atoms with Crippen molar-refractivity contribution in [2.24, 2.45) is 5.92 Å². The zero-order chi connectivity index (χ0) is 16.4. The molecule has 6 heteroatoms. The Kier molecular flexibility index (Phi) is 4.92. The highest BCUT2D eigenvalue weighted by molar-refractivity contribution is 7.99. The fourth-order valence-corrected chi connectivity index (χ4v) is 4.05. The second-order valence-corrected chi connectivity index (χ2v) is 7.17. The van der Waals surface area contributed by atoms with E-state index in [4.69, 9.17) is 4.74 Å². The van der Waals surface area contributed by atoms with Crippen LogP contribution in [0.3, 0.4) is 0 Å². The molecule has 0 aliphatic carbocycles. The summed E-state index contributed by atoms with van der Waals surface area (Å²) >= 11 is 1.63. The number of thioether (sulfide) groups is 1. The maximum Gasteiger partial charge on any atom is 0.248 e. The lowest BCUT2D eigenvalue weighted by Crippen LogP contribution is -2.46. The Hall–Kier alpha value is -1.53. The van der Waals surface area contributed by atoms with Gasteiger partial charge in [0.2, 0.25) is 11.8 Å². The molecule has 124 valence electrons. The number of aryl methyl sites for hydroxylation is 2. The van der Waals surface area contributed by atoms with Crippen molar-refractivity contribution in [1.29, 1.82) is 0 Å². The highest BCUT2D eigenvalue weighted by atomic mass is 32.2. The normalized spacial score (nSPS) is 24.0. The Labute approximate surface area is 140 Å². The molecular weight excluding hydrogens is 312 g/mol. The Morgan fingerprint density at radius 2 is 2.13 bits per heavy atom. The third-order valence-corrected chi connectivity index (χ3v) is 5.53. The third kappa shape index (κ3) is 3.53. The number of benzene rings is 1. The van der Waals surface area contributed by atoms with Crippen LogP contribution in [0, 0.1) is 19.8 Å². The van der Waals surface area contributed by atoms with Crippen LogP contribution in [-0.4, -0.2) is 47.6 Å². The number of ether oxygens (including phenoxy) is 1. The van der Waals surface area contributed by atoms with Gasteiger partial charge in [-0.2, -0.15) is 0 Å². The van der Waals surface area contributed by atoms with Gasteiger partial charge in [-0.25, -0.2) is 0 Å². The van der Waals surface area contributed by atoms with Crippen LogP contribution in [0.25, 0.3) is 0 Å². The smallest absolute Gasteiger partial charge is 0.248 e. The minimum Gasteiger partial charge on any atom is -0.381 e. The largest absolute Gasteiger partial charge is 0.381 e. The van der Waals surface area contributed by atoms with Gasteiger partial charge in [-0.3, -0.25) is 9.59 Å². The minimum atomic E-state index is -0.394. The van der Waals surface area contributed by atoms with E-state index in [1.165, 1.54) is 5.56 Å². The number of carbonyl (C=O) groups excluding carboxylic acids is 2. The Balaban J connectivity index is 1.67. The molecule has 0 spiro atoms. The van der Waals surface area contributed by atoms with Crippen LogP contribution in [0.15, 0.2) is 18.2 Å². The number of anilines is 1. The van der Waals surface area contributed by atoms with E-state index in [-0.39, 0.29) is 17.7 Å². The summed E-state index contributed by atoms with van der Waals surface area (Å²) in [5.74, 6) is 1.08. The monoisotopic (exact) mass is 334 g/mol. The molecule has 1 aromatic rings. The molecule has 23 heavy (non-hydrogen) atoms. The number of rotatable bonds is 3. The second kappa shape index (κ2) is 6.93. The van der Waals surface area contributed by atoms with Gasteiger partial charge in [0.15, 0.2) is 0 Å². The standard InChI is InChI=1S/C17H22N2O3S/c1-11-3-4-14(7-12(11)2)18-16(20)15-9-23-10-19(15)17(21)13-5-6-22-8-13/h3-4,7,13,15H,5-6,8-10H2,1-2H3,(H,18,20)/t13-,15-/m0/s1. The van der Waals surface area contributed by atoms with Gasteiger partial charge >= 0.3 is 0 Å². The van der Waals surface area contributed by atoms with Crippen molar-refractivity contribution in [2.75, 3.05) is 30.2 Å². The molecule has 1 N–H and O–H groups in total. The highest BCUT2D eigenvalue weighted by Crippen LogP contribution is 2.26. The topological polar surface area (TPSA) is 58.6 Å². The van der Waals surface area contributed by atoms with Gasteiger partial charge in [0.1, 0.15) is 6.04 Å². The molecule has 0 bridgehead atoms. The molecule has 2 fully saturated rings. The van der Waals surface area contributed by atoms with E-state index < -0.39 is 6.04 Å². The quantitative estimate of drug-likeness (QED) is 0.920. The van der Waals surface area contributed by atoms with E-state index in [1.807, 2.05) is 32.0 Å². The Morgan fingerprint density at radius 3 is 2.83 bits per heavy atom. The van der Waals surface area contributed by atoms with E-state index in [1.54, 1.807) is 16.7 Å². The van der Waals surface area contributed by atoms with Gasteiger partial charge < -0.3 is 15.0 Å². The highest BCUT2D eigenvalue weighted by Gasteiger charge is 2.38. The lowest BCUT2D eigenvalue weighted by atomic mass is 10.1. The van der Waals surface area contributed by atoms with Crippen molar-refractivity contribution in [3.8, 4) is 0 Å². The van der Waals surface area contributed by atoms with Crippen molar-refractivity contribution < 1.29 is 14.3 Å². The summed E-state index contributed by atoms with van der Waals surface area (Å²) in [7, 11) is 0. The summed E-state index contributed by atoms with van der Waals surface area (Å²) in [6.07, 6.45) is 0.755. The molecule has 2 heterocycles. The lowest BCUT2D eigenvalue weighted by Gasteiger charge is -2.25. The van der Waals surface area contributed by atoms with Crippen LogP contribution < -0.4 is 5.32 Å². The summed E-state index contributed by atoms with van der Waals surface area (Å²) in [6, 6.07) is 5.47. The molecule has 5 nitrogen and oxygen atoms in total. The number of hydrogen-bond donors (Lipinski definition) is 1. The van der Waals surface area contributed by atoms with Crippen LogP contribution in [0.2, 0.25) is 0 Å². The molecule has 0 aromatic heterocycles. The van der Waals surface area contributed by atoms with Gasteiger partial charge in [-0.15, -0.1) is 11.8 Å². The average molecular weight is 334 g/mol. The summed E-state index contributed by atoms with van der Waals surface area (Å²) in [6.45, 7) is 5.17. The predicted octanol–water partition coefficient (Wildman–Crippen LogP) is 2.18. The third-order valence-electron chi connectivity index (χ3n) is 4.52. The summed E-state index contributed by atoms with van der Waals surface area (Å²) in [4.78, 5) is 26.9. The number of nitrogens with one attached hydrogen (secondary N) is 1. The number of amides is 2. The SMILES string of the molecule is Cc1ccc(NC(=O)[C@@H]2CSCN2C(=O)[C@H]2CCOC2)cc1C. The molecule has 2 aliphatic rings. The van der Waals surface area contributed by atoms with Gasteiger partial charge in [0.05, 0.1) is 18.4 Å². The van der Waals surface area contributed by atoms with E-state index in [9.17, 15) is 9.59 Å². The lowest BCUT2D eigenvalue weighted by molar-refractivity contribution is -0.139. The second-order valence-electron chi connectivity index (χ2n) is 6.17. The van der Waals surface area contributed by atoms with E-state index in [0.717, 1.165) is 17.7 Å². The average Bonchev–Trinajstić information content (AvgIpc) is 3.21. The Bertz CT molecular complexity index is 614. The molecule has 2 atom stereocenters. The summed E-state index contributed by atoms with van der Waals surface area (Å²) in [5.41, 5.74) is 3.11. The molecule has 0 saturated carbocycles. The fourth-order valence-electron chi connectivity index (χ4n) is 2.89. The van der Waals surface area contributed by atoms with Gasteiger partial charge in [-0.05, 0) is 43.5 Å². The molecule has 0 unspecified atom stereocenters. The Morgan fingerprint density at radius 1 is 1.30 bits per heavy atom. The van der Waals surface area contributed by atoms with Crippen molar-refractivity contribution in [1.82, 2.24) is 4.90 Å². The molecule has 2 aliphatic heterocycles.